The first-order valence-electron chi connectivity index (χ1n) is 6.52. The molecule has 1 aliphatic rings. The molecule has 0 atom stereocenters. The lowest BCUT2D eigenvalue weighted by atomic mass is 9.95. The highest BCUT2D eigenvalue weighted by molar-refractivity contribution is 9.10. The van der Waals surface area contributed by atoms with Gasteiger partial charge in [-0.1, -0.05) is 0 Å². The van der Waals surface area contributed by atoms with Crippen molar-refractivity contribution in [1.29, 1.82) is 0 Å². The largest absolute Gasteiger partial charge is 0.369 e. The number of hydrogen-bond acceptors (Lipinski definition) is 3. The van der Waals surface area contributed by atoms with Gasteiger partial charge in [-0.3, -0.25) is 0 Å². The summed E-state index contributed by atoms with van der Waals surface area (Å²) in [5.41, 5.74) is 0.315. The highest BCUT2D eigenvalue weighted by Crippen LogP contribution is 2.31. The minimum atomic E-state index is -0.449. The van der Waals surface area contributed by atoms with Crippen LogP contribution < -0.4 is 4.90 Å². The van der Waals surface area contributed by atoms with E-state index in [2.05, 4.69) is 15.9 Å². The van der Waals surface area contributed by atoms with Crippen LogP contribution in [-0.4, -0.2) is 33.6 Å². The summed E-state index contributed by atoms with van der Waals surface area (Å²) < 4.78 is 38.1. The summed E-state index contributed by atoms with van der Waals surface area (Å²) in [4.78, 5) is 1.86. The minimum Gasteiger partial charge on any atom is -0.369 e. The summed E-state index contributed by atoms with van der Waals surface area (Å²) >= 11 is 2.98. The molecule has 0 unspecified atom stereocenters. The molecule has 1 saturated heterocycles. The van der Waals surface area contributed by atoms with E-state index in [1.54, 1.807) is 14.2 Å². The van der Waals surface area contributed by atoms with Gasteiger partial charge in [-0.15, -0.1) is 0 Å². The predicted molar refractivity (Wildman–Crippen MR) is 76.8 cm³/mol. The Morgan fingerprint density at radius 1 is 1.15 bits per heavy atom. The Morgan fingerprint density at radius 2 is 1.75 bits per heavy atom. The van der Waals surface area contributed by atoms with Crippen LogP contribution in [-0.2, 0) is 9.47 Å². The van der Waals surface area contributed by atoms with Crippen molar-refractivity contribution in [1.82, 2.24) is 0 Å². The fourth-order valence-corrected chi connectivity index (χ4v) is 2.96. The molecule has 0 aromatic heterocycles. The van der Waals surface area contributed by atoms with Gasteiger partial charge in [0.25, 0.3) is 0 Å². The Morgan fingerprint density at radius 3 is 2.30 bits per heavy atom. The van der Waals surface area contributed by atoms with Crippen LogP contribution in [0.4, 0.5) is 14.5 Å². The van der Waals surface area contributed by atoms with Crippen molar-refractivity contribution in [3.05, 3.63) is 28.2 Å². The SMILES string of the molecule is COC(OC)C1CCN(c2cc(F)c(Br)cc2F)CC1. The van der Waals surface area contributed by atoms with Crippen LogP contribution in [0.1, 0.15) is 12.8 Å². The van der Waals surface area contributed by atoms with Gasteiger partial charge in [-0.05, 0) is 34.8 Å². The van der Waals surface area contributed by atoms with E-state index >= 15 is 0 Å². The normalized spacial score (nSPS) is 17.0. The smallest absolute Gasteiger partial charge is 0.159 e. The maximum absolute atomic E-state index is 13.9. The zero-order chi connectivity index (χ0) is 14.7. The van der Waals surface area contributed by atoms with E-state index < -0.39 is 11.6 Å². The molecule has 1 fully saturated rings. The van der Waals surface area contributed by atoms with E-state index in [0.29, 0.717) is 18.8 Å². The first-order valence-corrected chi connectivity index (χ1v) is 7.31. The van der Waals surface area contributed by atoms with Crippen LogP contribution in [0.15, 0.2) is 16.6 Å². The highest BCUT2D eigenvalue weighted by Gasteiger charge is 2.27. The summed E-state index contributed by atoms with van der Waals surface area (Å²) in [6, 6.07) is 2.41. The molecular formula is C14H18BrF2NO2. The topological polar surface area (TPSA) is 21.7 Å². The quantitative estimate of drug-likeness (QED) is 0.612. The molecule has 0 saturated carbocycles. The standard InChI is InChI=1S/C14H18BrF2NO2/c1-19-14(20-2)9-3-5-18(6-4-9)13-8-11(16)10(15)7-12(13)17/h7-9,14H,3-6H2,1-2H3. The van der Waals surface area contributed by atoms with E-state index in [1.165, 1.54) is 12.1 Å². The average Bonchev–Trinajstić information content (AvgIpc) is 2.45. The van der Waals surface area contributed by atoms with Crippen molar-refractivity contribution >= 4 is 21.6 Å². The monoisotopic (exact) mass is 349 g/mol. The van der Waals surface area contributed by atoms with E-state index in [1.807, 2.05) is 4.90 Å². The molecule has 112 valence electrons. The van der Waals surface area contributed by atoms with E-state index in [-0.39, 0.29) is 16.7 Å². The molecule has 1 heterocycles. The third-order valence-corrected chi connectivity index (χ3v) is 4.33. The number of methoxy groups -OCH3 is 2. The van der Waals surface area contributed by atoms with Crippen molar-refractivity contribution in [2.45, 2.75) is 19.1 Å². The van der Waals surface area contributed by atoms with Gasteiger partial charge in [-0.25, -0.2) is 8.78 Å². The summed E-state index contributed by atoms with van der Waals surface area (Å²) in [7, 11) is 3.23. The summed E-state index contributed by atoms with van der Waals surface area (Å²) in [6.07, 6.45) is 1.41. The lowest BCUT2D eigenvalue weighted by molar-refractivity contribution is -0.141. The molecular weight excluding hydrogens is 332 g/mol. The van der Waals surface area contributed by atoms with Gasteiger partial charge in [0.05, 0.1) is 10.2 Å². The number of halogens is 3. The van der Waals surface area contributed by atoms with Crippen molar-refractivity contribution in [3.8, 4) is 0 Å². The molecule has 1 aliphatic heterocycles. The van der Waals surface area contributed by atoms with Crippen molar-refractivity contribution in [2.75, 3.05) is 32.2 Å². The molecule has 3 nitrogen and oxygen atoms in total. The van der Waals surface area contributed by atoms with Crippen LogP contribution in [0.3, 0.4) is 0 Å². The molecule has 2 rings (SSSR count). The lowest BCUT2D eigenvalue weighted by Crippen LogP contribution is -2.39. The van der Waals surface area contributed by atoms with Gasteiger partial charge in [0.2, 0.25) is 0 Å². The van der Waals surface area contributed by atoms with Gasteiger partial charge in [0.15, 0.2) is 6.29 Å². The maximum Gasteiger partial charge on any atom is 0.159 e. The summed E-state index contributed by atoms with van der Waals surface area (Å²) in [5, 5.41) is 0. The molecule has 0 N–H and O–H groups in total. The molecule has 1 aromatic rings. The number of hydrogen-bond donors (Lipinski definition) is 0. The second kappa shape index (κ2) is 6.83. The number of piperidine rings is 1. The Labute approximate surface area is 126 Å². The molecule has 20 heavy (non-hydrogen) atoms. The number of ether oxygens (including phenoxy) is 2. The molecule has 0 amide bonds. The van der Waals surface area contributed by atoms with Gasteiger partial charge in [-0.2, -0.15) is 0 Å². The number of rotatable bonds is 4. The lowest BCUT2D eigenvalue weighted by Gasteiger charge is -2.36. The third-order valence-electron chi connectivity index (χ3n) is 3.72. The summed E-state index contributed by atoms with van der Waals surface area (Å²) in [5.74, 6) is -0.577. The molecule has 6 heteroatoms. The average molecular weight is 350 g/mol. The van der Waals surface area contributed by atoms with Crippen LogP contribution in [0, 0.1) is 17.6 Å². The Hall–Kier alpha value is -0.720. The second-order valence-corrected chi connectivity index (χ2v) is 5.74. The van der Waals surface area contributed by atoms with Crippen LogP contribution in [0.5, 0.6) is 0 Å². The van der Waals surface area contributed by atoms with E-state index in [0.717, 1.165) is 12.8 Å². The van der Waals surface area contributed by atoms with E-state index in [4.69, 9.17) is 9.47 Å². The van der Waals surface area contributed by atoms with Gasteiger partial charge in [0, 0.05) is 39.3 Å². The predicted octanol–water partition coefficient (Wildman–Crippen LogP) is 3.56. The van der Waals surface area contributed by atoms with Crippen molar-refractivity contribution < 1.29 is 18.3 Å². The number of anilines is 1. The van der Waals surface area contributed by atoms with Crippen LogP contribution >= 0.6 is 15.9 Å². The molecule has 0 bridgehead atoms. The fraction of sp³-hybridized carbons (Fsp3) is 0.571. The van der Waals surface area contributed by atoms with Crippen LogP contribution in [0.25, 0.3) is 0 Å². The zero-order valence-corrected chi connectivity index (χ0v) is 13.1. The second-order valence-electron chi connectivity index (χ2n) is 4.88. The Bertz CT molecular complexity index is 461. The number of benzene rings is 1. The van der Waals surface area contributed by atoms with Crippen molar-refractivity contribution in [2.24, 2.45) is 5.92 Å². The van der Waals surface area contributed by atoms with E-state index in [9.17, 15) is 8.78 Å². The molecule has 0 aliphatic carbocycles. The third kappa shape index (κ3) is 3.30. The zero-order valence-electron chi connectivity index (χ0n) is 11.5. The number of nitrogens with zero attached hydrogens (tertiary/aromatic N) is 1. The minimum absolute atomic E-state index is 0.146. The van der Waals surface area contributed by atoms with Gasteiger partial charge >= 0.3 is 0 Å². The molecule has 0 radical (unpaired) electrons. The highest BCUT2D eigenvalue weighted by atomic mass is 79.9. The maximum atomic E-state index is 13.9. The first kappa shape index (κ1) is 15.7. The Kier molecular flexibility index (Phi) is 5.35. The van der Waals surface area contributed by atoms with Crippen LogP contribution in [0.2, 0.25) is 0 Å². The fourth-order valence-electron chi connectivity index (χ4n) is 2.65. The van der Waals surface area contributed by atoms with Gasteiger partial charge in [0.1, 0.15) is 11.6 Å². The van der Waals surface area contributed by atoms with Gasteiger partial charge < -0.3 is 14.4 Å². The summed E-state index contributed by atoms with van der Waals surface area (Å²) in [6.45, 7) is 1.32. The Balaban J connectivity index is 2.06. The first-order chi connectivity index (χ1) is 9.56. The van der Waals surface area contributed by atoms with Crippen molar-refractivity contribution in [3.63, 3.8) is 0 Å². The molecule has 1 aromatic carbocycles. The molecule has 0 spiro atoms.